The highest BCUT2D eigenvalue weighted by Gasteiger charge is 2.33. The van der Waals surface area contributed by atoms with Gasteiger partial charge in [0.1, 0.15) is 5.69 Å². The molecule has 0 amide bonds. The molecule has 0 radical (unpaired) electrons. The molecular formula is C12H14N4O2S2. The summed E-state index contributed by atoms with van der Waals surface area (Å²) in [5.41, 5.74) is 3.19. The molecule has 1 fully saturated rings. The average molecular weight is 310 g/mol. The monoisotopic (exact) mass is 310 g/mol. The fourth-order valence-corrected chi connectivity index (χ4v) is 4.15. The van der Waals surface area contributed by atoms with E-state index in [1.165, 1.54) is 21.9 Å². The molecule has 20 heavy (non-hydrogen) atoms. The first-order valence-corrected chi connectivity index (χ1v) is 8.96. The first-order chi connectivity index (χ1) is 9.55. The van der Waals surface area contributed by atoms with Gasteiger partial charge in [-0.05, 0) is 12.8 Å². The summed E-state index contributed by atoms with van der Waals surface area (Å²) in [4.78, 5) is 13.7. The maximum atomic E-state index is 11.8. The van der Waals surface area contributed by atoms with Crippen molar-refractivity contribution in [2.24, 2.45) is 0 Å². The van der Waals surface area contributed by atoms with Gasteiger partial charge in [0.2, 0.25) is 10.0 Å². The molecule has 3 rings (SSSR count). The zero-order valence-electron chi connectivity index (χ0n) is 10.9. The van der Waals surface area contributed by atoms with Gasteiger partial charge in [0.15, 0.2) is 0 Å². The largest absolute Gasteiger partial charge is 0.260 e. The van der Waals surface area contributed by atoms with E-state index in [4.69, 9.17) is 0 Å². The third-order valence-electron chi connectivity index (χ3n) is 3.31. The quantitative estimate of drug-likeness (QED) is 0.862. The van der Waals surface area contributed by atoms with Crippen LogP contribution in [0.3, 0.4) is 0 Å². The summed E-state index contributed by atoms with van der Waals surface area (Å²) >= 11 is 1.49. The van der Waals surface area contributed by atoms with Crippen LogP contribution in [0.1, 0.15) is 24.6 Å². The zero-order valence-corrected chi connectivity index (χ0v) is 12.6. The van der Waals surface area contributed by atoms with Crippen LogP contribution in [0.4, 0.5) is 0 Å². The number of rotatable bonds is 3. The van der Waals surface area contributed by atoms with Crippen molar-refractivity contribution in [3.05, 3.63) is 29.8 Å². The van der Waals surface area contributed by atoms with Gasteiger partial charge in [0.05, 0.1) is 40.8 Å². The number of hydrogen-bond acceptors (Lipinski definition) is 6. The highest BCUT2D eigenvalue weighted by molar-refractivity contribution is 7.88. The lowest BCUT2D eigenvalue weighted by Crippen LogP contribution is -2.30. The lowest BCUT2D eigenvalue weighted by atomic mass is 10.1. The van der Waals surface area contributed by atoms with Crippen LogP contribution in [0.15, 0.2) is 24.1 Å². The Hall–Kier alpha value is -1.38. The van der Waals surface area contributed by atoms with Gasteiger partial charge in [-0.3, -0.25) is 9.97 Å². The minimum Gasteiger partial charge on any atom is -0.260 e. The van der Waals surface area contributed by atoms with Crippen LogP contribution in [-0.4, -0.2) is 40.5 Å². The van der Waals surface area contributed by atoms with Crippen molar-refractivity contribution in [3.8, 4) is 10.6 Å². The van der Waals surface area contributed by atoms with Gasteiger partial charge in [-0.25, -0.2) is 13.4 Å². The molecule has 3 heterocycles. The minimum absolute atomic E-state index is 0.203. The first-order valence-electron chi connectivity index (χ1n) is 6.23. The molecule has 2 aromatic rings. The maximum Gasteiger partial charge on any atom is 0.211 e. The summed E-state index contributed by atoms with van der Waals surface area (Å²) in [6.07, 6.45) is 7.95. The number of nitrogens with zero attached hydrogens (tertiary/aromatic N) is 4. The molecule has 1 atom stereocenters. The minimum atomic E-state index is -3.21. The molecule has 0 aliphatic carbocycles. The van der Waals surface area contributed by atoms with Gasteiger partial charge in [-0.15, -0.1) is 11.3 Å². The number of hydrogen-bond donors (Lipinski definition) is 0. The first kappa shape index (κ1) is 13.6. The van der Waals surface area contributed by atoms with E-state index >= 15 is 0 Å². The van der Waals surface area contributed by atoms with E-state index in [-0.39, 0.29) is 6.04 Å². The predicted molar refractivity (Wildman–Crippen MR) is 76.7 cm³/mol. The zero-order chi connectivity index (χ0) is 14.2. The van der Waals surface area contributed by atoms with Crippen molar-refractivity contribution < 1.29 is 8.42 Å². The van der Waals surface area contributed by atoms with Gasteiger partial charge in [0.25, 0.3) is 0 Å². The van der Waals surface area contributed by atoms with Crippen molar-refractivity contribution in [2.45, 2.75) is 18.9 Å². The molecule has 0 unspecified atom stereocenters. The Kier molecular flexibility index (Phi) is 3.53. The summed E-state index contributed by atoms with van der Waals surface area (Å²) < 4.78 is 25.1. The van der Waals surface area contributed by atoms with Crippen LogP contribution in [0.25, 0.3) is 10.6 Å². The third kappa shape index (κ3) is 2.58. The van der Waals surface area contributed by atoms with Crippen molar-refractivity contribution >= 4 is 21.4 Å². The Morgan fingerprint density at radius 1 is 1.30 bits per heavy atom. The molecule has 0 saturated carbocycles. The van der Waals surface area contributed by atoms with Crippen LogP contribution >= 0.6 is 11.3 Å². The van der Waals surface area contributed by atoms with E-state index in [1.54, 1.807) is 24.1 Å². The Morgan fingerprint density at radius 2 is 2.15 bits per heavy atom. The Labute approximate surface area is 121 Å². The van der Waals surface area contributed by atoms with Crippen LogP contribution < -0.4 is 0 Å². The Morgan fingerprint density at radius 3 is 2.85 bits per heavy atom. The highest BCUT2D eigenvalue weighted by atomic mass is 32.2. The molecular weight excluding hydrogens is 296 g/mol. The molecule has 0 bridgehead atoms. The summed E-state index contributed by atoms with van der Waals surface area (Å²) in [5.74, 6) is 0. The molecule has 1 aliphatic rings. The lowest BCUT2D eigenvalue weighted by Gasteiger charge is -2.21. The van der Waals surface area contributed by atoms with Crippen LogP contribution in [0, 0.1) is 0 Å². The SMILES string of the molecule is CS(=O)(=O)N1CCC[C@@H]1c1cncc(-c2cncs2)n1. The van der Waals surface area contributed by atoms with Gasteiger partial charge in [-0.1, -0.05) is 0 Å². The average Bonchev–Trinajstić information content (AvgIpc) is 3.10. The van der Waals surface area contributed by atoms with Gasteiger partial charge in [-0.2, -0.15) is 4.31 Å². The van der Waals surface area contributed by atoms with E-state index in [2.05, 4.69) is 15.0 Å². The van der Waals surface area contributed by atoms with Crippen molar-refractivity contribution in [3.63, 3.8) is 0 Å². The van der Waals surface area contributed by atoms with Gasteiger partial charge >= 0.3 is 0 Å². The molecule has 1 aliphatic heterocycles. The topological polar surface area (TPSA) is 76.1 Å². The van der Waals surface area contributed by atoms with Crippen molar-refractivity contribution in [1.29, 1.82) is 0 Å². The third-order valence-corrected chi connectivity index (χ3v) is 5.39. The summed E-state index contributed by atoms with van der Waals surface area (Å²) in [5, 5.41) is 0. The summed E-state index contributed by atoms with van der Waals surface area (Å²) in [7, 11) is -3.21. The second-order valence-corrected chi connectivity index (χ2v) is 7.55. The molecule has 106 valence electrons. The summed E-state index contributed by atoms with van der Waals surface area (Å²) in [6, 6.07) is -0.203. The molecule has 8 heteroatoms. The second kappa shape index (κ2) is 5.19. The fourth-order valence-electron chi connectivity index (χ4n) is 2.44. The van der Waals surface area contributed by atoms with Gasteiger partial charge < -0.3 is 0 Å². The van der Waals surface area contributed by atoms with Crippen LogP contribution in [-0.2, 0) is 10.0 Å². The van der Waals surface area contributed by atoms with Crippen molar-refractivity contribution in [1.82, 2.24) is 19.3 Å². The molecule has 6 nitrogen and oxygen atoms in total. The van der Waals surface area contributed by atoms with E-state index in [0.717, 1.165) is 23.4 Å². The highest BCUT2D eigenvalue weighted by Crippen LogP contribution is 2.33. The van der Waals surface area contributed by atoms with E-state index in [0.29, 0.717) is 12.2 Å². The fraction of sp³-hybridized carbons (Fsp3) is 0.417. The van der Waals surface area contributed by atoms with E-state index in [9.17, 15) is 8.42 Å². The van der Waals surface area contributed by atoms with E-state index in [1.807, 2.05) is 0 Å². The van der Waals surface area contributed by atoms with Crippen LogP contribution in [0.2, 0.25) is 0 Å². The number of sulfonamides is 1. The molecule has 2 aromatic heterocycles. The normalized spacial score (nSPS) is 20.4. The molecule has 0 spiro atoms. The number of thiazole rings is 1. The molecule has 0 N–H and O–H groups in total. The van der Waals surface area contributed by atoms with Crippen molar-refractivity contribution in [2.75, 3.05) is 12.8 Å². The molecule has 1 saturated heterocycles. The number of aromatic nitrogens is 3. The van der Waals surface area contributed by atoms with Gasteiger partial charge in [0, 0.05) is 12.7 Å². The Balaban J connectivity index is 1.97. The van der Waals surface area contributed by atoms with Crippen LogP contribution in [0.5, 0.6) is 0 Å². The predicted octanol–water partition coefficient (Wildman–Crippen LogP) is 1.70. The second-order valence-electron chi connectivity index (χ2n) is 4.73. The smallest absolute Gasteiger partial charge is 0.211 e. The summed E-state index contributed by atoms with van der Waals surface area (Å²) in [6.45, 7) is 0.552. The standard InChI is InChI=1S/C12H14N4O2S2/c1-20(17,18)16-4-2-3-11(16)9-5-13-6-10(15-9)12-7-14-8-19-12/h5-8,11H,2-4H2,1H3/t11-/m1/s1. The maximum absolute atomic E-state index is 11.8. The Bertz CT molecular complexity index is 700. The molecule has 0 aromatic carbocycles. The van der Waals surface area contributed by atoms with E-state index < -0.39 is 10.0 Å². The lowest BCUT2D eigenvalue weighted by molar-refractivity contribution is 0.393.